The van der Waals surface area contributed by atoms with Crippen molar-refractivity contribution >= 4 is 44.3 Å². The van der Waals surface area contributed by atoms with Crippen LogP contribution in [0.5, 0.6) is 0 Å². The molecule has 3 aliphatic rings. The maximum Gasteiger partial charge on any atom is 0.181 e. The molecule has 3 unspecified atom stereocenters. The Morgan fingerprint density at radius 2 is 1.83 bits per heavy atom. The number of carbonyl (C=O) groups excluding carboxylic acids is 2. The Morgan fingerprint density at radius 1 is 1.21 bits per heavy atom. The molecule has 3 fully saturated rings. The second-order valence-corrected chi connectivity index (χ2v) is 14.3. The summed E-state index contributed by atoms with van der Waals surface area (Å²) < 4.78 is 33.3. The van der Waals surface area contributed by atoms with E-state index in [0.717, 1.165) is 18.6 Å². The molecule has 2 saturated carbocycles. The highest BCUT2D eigenvalue weighted by Crippen LogP contribution is 2.64. The molecule has 168 valence electrons. The zero-order chi connectivity index (χ0) is 21.9. The van der Waals surface area contributed by atoms with E-state index in [1.165, 1.54) is 35.9 Å². The molecule has 2 bridgehead atoms. The van der Waals surface area contributed by atoms with Gasteiger partial charge in [-0.25, -0.2) is 8.42 Å². The Kier molecular flexibility index (Phi) is 8.73. The second kappa shape index (κ2) is 10.0. The zero-order valence-corrected chi connectivity index (χ0v) is 20.6. The predicted octanol–water partition coefficient (Wildman–Crippen LogP) is 3.43. The SMILES string of the molecule is CC12CCC(C(S(=O)(=O)[O-])C1=O)C2(C)C.CCCCCC(=O)C[S+]1CCSCC1. The first kappa shape index (κ1) is 25.2. The largest absolute Gasteiger partial charge is 0.747 e. The summed E-state index contributed by atoms with van der Waals surface area (Å²) in [6, 6.07) is 0. The monoisotopic (exact) mass is 464 g/mol. The van der Waals surface area contributed by atoms with Gasteiger partial charge >= 0.3 is 0 Å². The minimum Gasteiger partial charge on any atom is -0.747 e. The van der Waals surface area contributed by atoms with E-state index >= 15 is 0 Å². The summed E-state index contributed by atoms with van der Waals surface area (Å²) in [6.07, 6.45) is 5.76. The number of thioether (sulfide) groups is 1. The number of ketones is 2. The maximum absolute atomic E-state index is 12.0. The van der Waals surface area contributed by atoms with Crippen LogP contribution in [-0.2, 0) is 30.6 Å². The van der Waals surface area contributed by atoms with E-state index in [1.54, 1.807) is 6.92 Å². The summed E-state index contributed by atoms with van der Waals surface area (Å²) in [5.74, 6) is 5.92. The number of fused-ring (bicyclic) bond motifs is 2. The van der Waals surface area contributed by atoms with E-state index in [4.69, 9.17) is 0 Å². The lowest BCUT2D eigenvalue weighted by Gasteiger charge is -2.32. The van der Waals surface area contributed by atoms with Gasteiger partial charge in [-0.15, -0.1) is 0 Å². The molecule has 8 heteroatoms. The molecule has 1 aliphatic heterocycles. The van der Waals surface area contributed by atoms with Crippen LogP contribution in [0, 0.1) is 16.7 Å². The van der Waals surface area contributed by atoms with Crippen LogP contribution < -0.4 is 0 Å². The van der Waals surface area contributed by atoms with Crippen molar-refractivity contribution in [2.45, 2.75) is 71.5 Å². The normalized spacial score (nSPS) is 31.4. The van der Waals surface area contributed by atoms with Crippen molar-refractivity contribution in [2.24, 2.45) is 16.7 Å². The fourth-order valence-electron chi connectivity index (χ4n) is 4.91. The number of unbranched alkanes of at least 4 members (excludes halogenated alkanes) is 2. The average Bonchev–Trinajstić information content (AvgIpc) is 2.95. The summed E-state index contributed by atoms with van der Waals surface area (Å²) in [5.41, 5.74) is -0.994. The summed E-state index contributed by atoms with van der Waals surface area (Å²) >= 11 is 2.04. The van der Waals surface area contributed by atoms with Crippen LogP contribution in [0.4, 0.5) is 0 Å². The van der Waals surface area contributed by atoms with Crippen molar-refractivity contribution in [3.05, 3.63) is 0 Å². The van der Waals surface area contributed by atoms with Gasteiger partial charge < -0.3 is 4.55 Å². The molecule has 0 radical (unpaired) electrons. The molecule has 5 nitrogen and oxygen atoms in total. The molecule has 29 heavy (non-hydrogen) atoms. The molecule has 2 aliphatic carbocycles. The molecule has 0 aromatic heterocycles. The van der Waals surface area contributed by atoms with E-state index in [-0.39, 0.29) is 17.1 Å². The van der Waals surface area contributed by atoms with E-state index in [9.17, 15) is 22.6 Å². The van der Waals surface area contributed by atoms with Crippen molar-refractivity contribution in [1.82, 2.24) is 0 Å². The van der Waals surface area contributed by atoms with Crippen molar-refractivity contribution in [1.29, 1.82) is 0 Å². The van der Waals surface area contributed by atoms with Crippen LogP contribution >= 0.6 is 11.8 Å². The standard InChI is InChI=1S/C11H21OS2.C10H16O4S/c1-2-3-4-5-11(12)10-14-8-6-13-7-9-14;1-9(2)6-4-5-10(9,3)8(11)7(6)15(12,13)14/h2-10H2,1H3;6-7H,4-5H2,1-3H3,(H,12,13,14)/q+1;/p-1. The summed E-state index contributed by atoms with van der Waals surface area (Å²) in [6.45, 7) is 7.77. The number of carbonyl (C=O) groups is 2. The molecule has 0 aromatic rings. The predicted molar refractivity (Wildman–Crippen MR) is 122 cm³/mol. The van der Waals surface area contributed by atoms with Crippen molar-refractivity contribution in [2.75, 3.05) is 28.8 Å². The van der Waals surface area contributed by atoms with Crippen LogP contribution in [0.15, 0.2) is 0 Å². The Morgan fingerprint density at radius 3 is 2.28 bits per heavy atom. The van der Waals surface area contributed by atoms with E-state index in [1.807, 2.05) is 25.6 Å². The number of rotatable bonds is 7. The Hall–Kier alpha value is -0.0500. The fraction of sp³-hybridized carbons (Fsp3) is 0.905. The minimum atomic E-state index is -4.49. The molecular weight excluding hydrogens is 428 g/mol. The topological polar surface area (TPSA) is 91.3 Å². The van der Waals surface area contributed by atoms with Gasteiger partial charge in [0.05, 0.1) is 0 Å². The molecule has 0 amide bonds. The van der Waals surface area contributed by atoms with Gasteiger partial charge in [0.25, 0.3) is 0 Å². The van der Waals surface area contributed by atoms with Crippen LogP contribution in [0.2, 0.25) is 0 Å². The fourth-order valence-corrected chi connectivity index (χ4v) is 10.4. The summed E-state index contributed by atoms with van der Waals surface area (Å²) in [5, 5.41) is -1.30. The Bertz CT molecular complexity index is 697. The van der Waals surface area contributed by atoms with Gasteiger partial charge in [-0.2, -0.15) is 11.8 Å². The summed E-state index contributed by atoms with van der Waals surface area (Å²) in [7, 11) is -4.04. The van der Waals surface area contributed by atoms with Crippen molar-refractivity contribution in [3.63, 3.8) is 0 Å². The van der Waals surface area contributed by atoms with Crippen LogP contribution in [0.3, 0.4) is 0 Å². The Labute approximate surface area is 183 Å². The lowest BCUT2D eigenvalue weighted by molar-refractivity contribution is -0.128. The second-order valence-electron chi connectivity index (χ2n) is 9.25. The molecule has 3 atom stereocenters. The van der Waals surface area contributed by atoms with Gasteiger partial charge in [-0.05, 0) is 41.5 Å². The number of Topliss-reactive ketones (excluding diaryl/α,β-unsaturated/α-hetero) is 2. The highest BCUT2D eigenvalue weighted by atomic mass is 32.2. The first-order chi connectivity index (χ1) is 13.4. The molecule has 0 N–H and O–H groups in total. The van der Waals surface area contributed by atoms with Crippen molar-refractivity contribution in [3.8, 4) is 0 Å². The van der Waals surface area contributed by atoms with Crippen LogP contribution in [0.1, 0.15) is 66.2 Å². The lowest BCUT2D eigenvalue weighted by Crippen LogP contribution is -2.38. The third-order valence-corrected chi connectivity index (χ3v) is 12.2. The van der Waals surface area contributed by atoms with Gasteiger partial charge in [0, 0.05) is 23.3 Å². The van der Waals surface area contributed by atoms with E-state index in [0.29, 0.717) is 29.5 Å². The van der Waals surface area contributed by atoms with E-state index < -0.39 is 20.8 Å². The third-order valence-electron chi connectivity index (χ3n) is 7.24. The van der Waals surface area contributed by atoms with Gasteiger partial charge in [0.1, 0.15) is 26.9 Å². The molecular formula is C21H36O5S3. The van der Waals surface area contributed by atoms with Gasteiger partial charge in [0.2, 0.25) is 0 Å². The van der Waals surface area contributed by atoms with Crippen LogP contribution in [-0.4, -0.2) is 58.6 Å². The van der Waals surface area contributed by atoms with Gasteiger partial charge in [0.15, 0.2) is 17.3 Å². The minimum absolute atomic E-state index is 0.294. The molecule has 1 heterocycles. The third kappa shape index (κ3) is 5.60. The Balaban J connectivity index is 0.000000208. The number of hydrogen-bond donors (Lipinski definition) is 0. The number of hydrogen-bond acceptors (Lipinski definition) is 6. The lowest BCUT2D eigenvalue weighted by atomic mass is 9.70. The average molecular weight is 465 g/mol. The highest BCUT2D eigenvalue weighted by Gasteiger charge is 2.67. The molecule has 3 rings (SSSR count). The highest BCUT2D eigenvalue weighted by molar-refractivity contribution is 8.05. The van der Waals surface area contributed by atoms with E-state index in [2.05, 4.69) is 6.92 Å². The molecule has 1 saturated heterocycles. The zero-order valence-electron chi connectivity index (χ0n) is 18.2. The first-order valence-corrected chi connectivity index (χ1v) is 15.0. The van der Waals surface area contributed by atoms with Crippen LogP contribution in [0.25, 0.3) is 0 Å². The summed E-state index contributed by atoms with van der Waals surface area (Å²) in [4.78, 5) is 23.6. The molecule has 0 spiro atoms. The van der Waals surface area contributed by atoms with Gasteiger partial charge in [-0.3, -0.25) is 9.59 Å². The first-order valence-electron chi connectivity index (χ1n) is 10.7. The molecule has 0 aromatic carbocycles. The van der Waals surface area contributed by atoms with Crippen molar-refractivity contribution < 1.29 is 22.6 Å². The smallest absolute Gasteiger partial charge is 0.181 e. The quantitative estimate of drug-likeness (QED) is 0.326. The van der Waals surface area contributed by atoms with Gasteiger partial charge in [-0.1, -0.05) is 40.5 Å². The maximum atomic E-state index is 12.0.